The molecule has 1 aromatic rings. The monoisotopic (exact) mass is 336 g/mol. The average molecular weight is 336 g/mol. The van der Waals surface area contributed by atoms with Gasteiger partial charge in [-0.15, -0.1) is 11.3 Å². The Morgan fingerprint density at radius 3 is 2.52 bits per heavy atom. The van der Waals surface area contributed by atoms with Gasteiger partial charge in [-0.1, -0.05) is 0 Å². The first-order chi connectivity index (χ1) is 9.65. The van der Waals surface area contributed by atoms with Crippen LogP contribution < -0.4 is 15.8 Å². The van der Waals surface area contributed by atoms with Crippen molar-refractivity contribution < 1.29 is 22.7 Å². The van der Waals surface area contributed by atoms with Gasteiger partial charge in [0.2, 0.25) is 0 Å². The highest BCUT2D eigenvalue weighted by molar-refractivity contribution is 7.90. The van der Waals surface area contributed by atoms with E-state index in [0.29, 0.717) is 10.8 Å². The van der Waals surface area contributed by atoms with Crippen LogP contribution in [0.1, 0.15) is 23.5 Å². The van der Waals surface area contributed by atoms with Crippen molar-refractivity contribution in [2.75, 3.05) is 36.7 Å². The van der Waals surface area contributed by atoms with Crippen molar-refractivity contribution in [3.63, 3.8) is 0 Å². The second-order valence-corrected chi connectivity index (χ2v) is 8.00. The maximum atomic E-state index is 11.6. The molecule has 0 aromatic carbocycles. The number of methoxy groups -OCH3 is 1. The van der Waals surface area contributed by atoms with Crippen LogP contribution in [0.2, 0.25) is 0 Å². The maximum absolute atomic E-state index is 11.6. The number of sulfone groups is 1. The van der Waals surface area contributed by atoms with Crippen LogP contribution in [-0.2, 0) is 14.6 Å². The Bertz CT molecular complexity index is 607. The summed E-state index contributed by atoms with van der Waals surface area (Å²) in [6.07, 6.45) is 1.02. The molecule has 0 aliphatic carbocycles. The molecule has 0 spiro atoms. The van der Waals surface area contributed by atoms with Crippen LogP contribution >= 0.6 is 11.3 Å². The normalized spacial score (nSPS) is 11.5. The first-order valence-electron chi connectivity index (χ1n) is 6.24. The number of carbonyl (C=O) groups is 1. The van der Waals surface area contributed by atoms with Gasteiger partial charge in [0, 0.05) is 12.8 Å². The van der Waals surface area contributed by atoms with Gasteiger partial charge in [-0.25, -0.2) is 13.2 Å². The molecule has 0 amide bonds. The van der Waals surface area contributed by atoms with E-state index in [9.17, 15) is 13.2 Å². The van der Waals surface area contributed by atoms with Crippen molar-refractivity contribution in [1.29, 1.82) is 0 Å². The van der Waals surface area contributed by atoms with Gasteiger partial charge in [0.15, 0.2) is 5.75 Å². The highest BCUT2D eigenvalue weighted by Crippen LogP contribution is 2.43. The van der Waals surface area contributed by atoms with E-state index in [4.69, 9.17) is 10.5 Å². The minimum atomic E-state index is -3.08. The molecule has 0 fully saturated rings. The van der Waals surface area contributed by atoms with Gasteiger partial charge >= 0.3 is 5.97 Å². The highest BCUT2D eigenvalue weighted by Gasteiger charge is 2.23. The lowest BCUT2D eigenvalue weighted by atomic mass is 10.3. The number of rotatable bonds is 7. The van der Waals surface area contributed by atoms with Gasteiger partial charge in [0.1, 0.15) is 25.4 Å². The summed E-state index contributed by atoms with van der Waals surface area (Å²) in [6.45, 7) is 3.86. The molecule has 0 radical (unpaired) electrons. The van der Waals surface area contributed by atoms with Gasteiger partial charge < -0.3 is 20.5 Å². The van der Waals surface area contributed by atoms with E-state index >= 15 is 0 Å². The average Bonchev–Trinajstić information content (AvgIpc) is 2.65. The number of hydrogen-bond acceptors (Lipinski definition) is 8. The predicted octanol–water partition coefficient (Wildman–Crippen LogP) is 1.36. The molecule has 1 heterocycles. The molecule has 1 rings (SSSR count). The Hall–Kier alpha value is -1.48. The molecule has 0 saturated carbocycles. The van der Waals surface area contributed by atoms with Crippen LogP contribution in [0.15, 0.2) is 0 Å². The lowest BCUT2D eigenvalue weighted by molar-refractivity contribution is 0.0607. The highest BCUT2D eigenvalue weighted by atomic mass is 32.2. The van der Waals surface area contributed by atoms with E-state index in [0.717, 1.165) is 17.6 Å². The second kappa shape index (κ2) is 6.99. The summed E-state index contributed by atoms with van der Waals surface area (Å²) >= 11 is 1.08. The fourth-order valence-corrected chi connectivity index (χ4v) is 2.96. The Morgan fingerprint density at radius 2 is 2.05 bits per heavy atom. The van der Waals surface area contributed by atoms with Crippen molar-refractivity contribution in [2.24, 2.45) is 0 Å². The minimum absolute atomic E-state index is 0.0283. The zero-order valence-corrected chi connectivity index (χ0v) is 14.1. The lowest BCUT2D eigenvalue weighted by Crippen LogP contribution is -2.15. The Labute approximate surface area is 128 Å². The largest absolute Gasteiger partial charge is 0.486 e. The summed E-state index contributed by atoms with van der Waals surface area (Å²) in [5, 5.41) is 3.46. The van der Waals surface area contributed by atoms with Crippen molar-refractivity contribution in [3.8, 4) is 5.75 Å². The SMILES string of the molecule is COC(=O)c1sc(NCCS(C)(=O)=O)c(OC(C)C)c1N. The zero-order valence-electron chi connectivity index (χ0n) is 12.4. The first-order valence-corrected chi connectivity index (χ1v) is 9.12. The van der Waals surface area contributed by atoms with E-state index in [2.05, 4.69) is 10.1 Å². The molecule has 0 unspecified atom stereocenters. The summed E-state index contributed by atoms with van der Waals surface area (Å²) in [5.74, 6) is -0.231. The van der Waals surface area contributed by atoms with E-state index in [1.807, 2.05) is 13.8 Å². The van der Waals surface area contributed by atoms with Gasteiger partial charge in [0.25, 0.3) is 0 Å². The fraction of sp³-hybridized carbons (Fsp3) is 0.583. The Morgan fingerprint density at radius 1 is 1.43 bits per heavy atom. The fourth-order valence-electron chi connectivity index (χ4n) is 1.49. The third kappa shape index (κ3) is 5.09. The van der Waals surface area contributed by atoms with Gasteiger partial charge in [-0.05, 0) is 13.8 Å². The zero-order chi connectivity index (χ0) is 16.2. The van der Waals surface area contributed by atoms with Crippen molar-refractivity contribution in [3.05, 3.63) is 4.88 Å². The van der Waals surface area contributed by atoms with Crippen LogP contribution in [-0.4, -0.2) is 46.2 Å². The van der Waals surface area contributed by atoms with Gasteiger partial charge in [-0.3, -0.25) is 0 Å². The number of carbonyl (C=O) groups excluding carboxylic acids is 1. The Balaban J connectivity index is 3.02. The van der Waals surface area contributed by atoms with Crippen LogP contribution in [0.3, 0.4) is 0 Å². The number of nitrogens with two attached hydrogens (primary N) is 1. The van der Waals surface area contributed by atoms with Gasteiger partial charge in [0.05, 0.1) is 19.0 Å². The minimum Gasteiger partial charge on any atom is -0.486 e. The van der Waals surface area contributed by atoms with E-state index in [1.165, 1.54) is 7.11 Å². The molecule has 9 heteroatoms. The molecule has 7 nitrogen and oxygen atoms in total. The topological polar surface area (TPSA) is 108 Å². The molecule has 21 heavy (non-hydrogen) atoms. The van der Waals surface area contributed by atoms with Gasteiger partial charge in [-0.2, -0.15) is 0 Å². The summed E-state index contributed by atoms with van der Waals surface area (Å²) in [6, 6.07) is 0. The third-order valence-corrected chi connectivity index (χ3v) is 4.45. The number of anilines is 2. The number of nitrogens with one attached hydrogen (secondary N) is 1. The van der Waals surface area contributed by atoms with Crippen LogP contribution in [0.5, 0.6) is 5.75 Å². The smallest absolute Gasteiger partial charge is 0.350 e. The number of ether oxygens (including phenoxy) is 2. The third-order valence-electron chi connectivity index (χ3n) is 2.38. The van der Waals surface area contributed by atoms with Crippen LogP contribution in [0.4, 0.5) is 10.7 Å². The standard InChI is InChI=1S/C12H20N2O5S2/c1-7(2)19-9-8(13)10(12(15)18-3)20-11(9)14-5-6-21(4,16)17/h7,14H,5-6,13H2,1-4H3. The second-order valence-electron chi connectivity index (χ2n) is 4.72. The number of thiophene rings is 1. The molecule has 0 atom stereocenters. The Kier molecular flexibility index (Phi) is 5.85. The summed E-state index contributed by atoms with van der Waals surface area (Å²) in [5.41, 5.74) is 6.11. The van der Waals surface area contributed by atoms with Crippen molar-refractivity contribution in [2.45, 2.75) is 20.0 Å². The summed E-state index contributed by atoms with van der Waals surface area (Å²) in [7, 11) is -1.81. The molecule has 0 bridgehead atoms. The molecule has 1 aromatic heterocycles. The maximum Gasteiger partial charge on any atom is 0.350 e. The molecule has 0 aliphatic rings. The van der Waals surface area contributed by atoms with E-state index in [-0.39, 0.29) is 29.0 Å². The molecular weight excluding hydrogens is 316 g/mol. The molecule has 3 N–H and O–H groups in total. The quantitative estimate of drug-likeness (QED) is 0.724. The molecule has 0 saturated heterocycles. The van der Waals surface area contributed by atoms with Crippen molar-refractivity contribution in [1.82, 2.24) is 0 Å². The van der Waals surface area contributed by atoms with Crippen LogP contribution in [0, 0.1) is 0 Å². The summed E-state index contributed by atoms with van der Waals surface area (Å²) < 4.78 is 32.5. The van der Waals surface area contributed by atoms with Crippen molar-refractivity contribution >= 4 is 37.8 Å². The number of hydrogen-bond donors (Lipinski definition) is 2. The molecular formula is C12H20N2O5S2. The molecule has 0 aliphatic heterocycles. The number of esters is 1. The molecule has 120 valence electrons. The lowest BCUT2D eigenvalue weighted by Gasteiger charge is -2.12. The first kappa shape index (κ1) is 17.6. The van der Waals surface area contributed by atoms with Crippen LogP contribution in [0.25, 0.3) is 0 Å². The van der Waals surface area contributed by atoms with E-state index in [1.54, 1.807) is 0 Å². The number of nitrogen functional groups attached to an aromatic ring is 1. The summed E-state index contributed by atoms with van der Waals surface area (Å²) in [4.78, 5) is 11.9. The van der Waals surface area contributed by atoms with E-state index < -0.39 is 15.8 Å². The predicted molar refractivity (Wildman–Crippen MR) is 84.0 cm³/mol.